The molecule has 124 valence electrons. The van der Waals surface area contributed by atoms with Gasteiger partial charge < -0.3 is 19.5 Å². The molecule has 5 nitrogen and oxygen atoms in total. The van der Waals surface area contributed by atoms with Crippen molar-refractivity contribution in [3.63, 3.8) is 0 Å². The molecule has 0 bridgehead atoms. The molecule has 24 heavy (non-hydrogen) atoms. The quantitative estimate of drug-likeness (QED) is 0.922. The summed E-state index contributed by atoms with van der Waals surface area (Å²) in [6, 6.07) is 16.5. The van der Waals surface area contributed by atoms with Gasteiger partial charge in [0.1, 0.15) is 6.61 Å². The van der Waals surface area contributed by atoms with Crippen molar-refractivity contribution in [3.05, 3.63) is 59.7 Å². The SMILES string of the molecule is O=C(OCC1c2ccccc2-c2ccccc21)N1CCOC(O)C1. The number of hydrogen-bond acceptors (Lipinski definition) is 4. The maximum atomic E-state index is 12.3. The van der Waals surface area contributed by atoms with Gasteiger partial charge in [-0.25, -0.2) is 4.79 Å². The third kappa shape index (κ3) is 2.66. The van der Waals surface area contributed by atoms with Crippen LogP contribution in [0.3, 0.4) is 0 Å². The summed E-state index contributed by atoms with van der Waals surface area (Å²) in [7, 11) is 0. The Morgan fingerprint density at radius 2 is 1.75 bits per heavy atom. The van der Waals surface area contributed by atoms with Gasteiger partial charge in [-0.3, -0.25) is 0 Å². The number of fused-ring (bicyclic) bond motifs is 3. The number of aliphatic hydroxyl groups excluding tert-OH is 1. The number of amides is 1. The van der Waals surface area contributed by atoms with E-state index in [-0.39, 0.29) is 12.5 Å². The molecule has 1 atom stereocenters. The van der Waals surface area contributed by atoms with Crippen molar-refractivity contribution in [2.75, 3.05) is 26.3 Å². The van der Waals surface area contributed by atoms with Crippen molar-refractivity contribution < 1.29 is 19.4 Å². The van der Waals surface area contributed by atoms with E-state index in [0.717, 1.165) is 0 Å². The second-order valence-electron chi connectivity index (χ2n) is 6.08. The summed E-state index contributed by atoms with van der Waals surface area (Å²) >= 11 is 0. The first-order valence-electron chi connectivity index (χ1n) is 8.13. The zero-order valence-corrected chi connectivity index (χ0v) is 13.2. The van der Waals surface area contributed by atoms with Crippen LogP contribution in [-0.4, -0.2) is 48.7 Å². The lowest BCUT2D eigenvalue weighted by Crippen LogP contribution is -2.46. The van der Waals surface area contributed by atoms with Crippen molar-refractivity contribution in [1.82, 2.24) is 4.90 Å². The van der Waals surface area contributed by atoms with Gasteiger partial charge in [-0.05, 0) is 22.3 Å². The second kappa shape index (κ2) is 6.26. The standard InChI is InChI=1S/C19H19NO4/c21-18-11-20(9-10-23-18)19(22)24-12-17-15-7-3-1-5-13(15)14-6-2-4-8-16(14)17/h1-8,17-18,21H,9-12H2. The normalized spacial score (nSPS) is 19.7. The van der Waals surface area contributed by atoms with E-state index in [2.05, 4.69) is 24.3 Å². The molecule has 0 spiro atoms. The number of hydrogen-bond donors (Lipinski definition) is 1. The number of carbonyl (C=O) groups excluding carboxylic acids is 1. The first-order chi connectivity index (χ1) is 11.7. The summed E-state index contributed by atoms with van der Waals surface area (Å²) in [5.74, 6) is 0.0484. The van der Waals surface area contributed by atoms with Crippen LogP contribution in [0.4, 0.5) is 4.79 Å². The summed E-state index contributed by atoms with van der Waals surface area (Å²) in [4.78, 5) is 13.7. The van der Waals surface area contributed by atoms with E-state index >= 15 is 0 Å². The molecule has 2 aliphatic rings. The van der Waals surface area contributed by atoms with Gasteiger partial charge in [0.05, 0.1) is 13.2 Å². The van der Waals surface area contributed by atoms with Gasteiger partial charge in [0, 0.05) is 12.5 Å². The Hall–Kier alpha value is -2.37. The Balaban J connectivity index is 1.51. The maximum absolute atomic E-state index is 12.3. The van der Waals surface area contributed by atoms with Crippen molar-refractivity contribution in [2.24, 2.45) is 0 Å². The highest BCUT2D eigenvalue weighted by Gasteiger charge is 2.30. The Morgan fingerprint density at radius 3 is 2.38 bits per heavy atom. The molecule has 2 aromatic rings. The summed E-state index contributed by atoms with van der Waals surface area (Å²) in [5.41, 5.74) is 4.79. The minimum absolute atomic E-state index is 0.0484. The number of aliphatic hydroxyl groups is 1. The first kappa shape index (κ1) is 15.2. The lowest BCUT2D eigenvalue weighted by atomic mass is 9.98. The Labute approximate surface area is 140 Å². The molecule has 1 heterocycles. The van der Waals surface area contributed by atoms with Crippen LogP contribution in [0.1, 0.15) is 17.0 Å². The number of ether oxygens (including phenoxy) is 2. The highest BCUT2D eigenvalue weighted by atomic mass is 16.6. The van der Waals surface area contributed by atoms with E-state index in [9.17, 15) is 9.90 Å². The molecular weight excluding hydrogens is 306 g/mol. The van der Waals surface area contributed by atoms with Crippen molar-refractivity contribution >= 4 is 6.09 Å². The highest BCUT2D eigenvalue weighted by Crippen LogP contribution is 2.44. The fraction of sp³-hybridized carbons (Fsp3) is 0.316. The number of nitrogens with zero attached hydrogens (tertiary/aromatic N) is 1. The van der Waals surface area contributed by atoms with Crippen LogP contribution < -0.4 is 0 Å². The average Bonchev–Trinajstić information content (AvgIpc) is 2.94. The molecule has 5 heteroatoms. The van der Waals surface area contributed by atoms with Crippen LogP contribution in [0.25, 0.3) is 11.1 Å². The van der Waals surface area contributed by atoms with E-state index in [4.69, 9.17) is 9.47 Å². The van der Waals surface area contributed by atoms with Gasteiger partial charge in [0.2, 0.25) is 0 Å². The molecule has 1 amide bonds. The molecule has 0 saturated carbocycles. The maximum Gasteiger partial charge on any atom is 0.410 e. The lowest BCUT2D eigenvalue weighted by molar-refractivity contribution is -0.140. The van der Waals surface area contributed by atoms with Crippen molar-refractivity contribution in [3.8, 4) is 11.1 Å². The monoisotopic (exact) mass is 325 g/mol. The fourth-order valence-electron chi connectivity index (χ4n) is 3.48. The molecule has 2 aromatic carbocycles. The fourth-order valence-corrected chi connectivity index (χ4v) is 3.48. The van der Waals surface area contributed by atoms with E-state index in [1.165, 1.54) is 27.2 Å². The van der Waals surface area contributed by atoms with Gasteiger partial charge in [-0.1, -0.05) is 48.5 Å². The van der Waals surface area contributed by atoms with Gasteiger partial charge in [0.15, 0.2) is 6.29 Å². The minimum atomic E-state index is -0.931. The van der Waals surface area contributed by atoms with E-state index in [1.807, 2.05) is 24.3 Å². The molecule has 1 aliphatic carbocycles. The predicted molar refractivity (Wildman–Crippen MR) is 88.6 cm³/mol. The van der Waals surface area contributed by atoms with Crippen LogP contribution in [-0.2, 0) is 9.47 Å². The second-order valence-corrected chi connectivity index (χ2v) is 6.08. The summed E-state index contributed by atoms with van der Waals surface area (Å²) in [6.45, 7) is 1.20. The molecule has 0 radical (unpaired) electrons. The van der Waals surface area contributed by atoms with Gasteiger partial charge in [-0.15, -0.1) is 0 Å². The summed E-state index contributed by atoms with van der Waals surface area (Å²) in [5, 5.41) is 9.50. The third-order valence-corrected chi connectivity index (χ3v) is 4.64. The van der Waals surface area contributed by atoms with Crippen LogP contribution in [0, 0.1) is 0 Å². The van der Waals surface area contributed by atoms with E-state index in [0.29, 0.717) is 19.8 Å². The topological polar surface area (TPSA) is 59.0 Å². The van der Waals surface area contributed by atoms with Gasteiger partial charge in [-0.2, -0.15) is 0 Å². The summed E-state index contributed by atoms with van der Waals surface area (Å²) < 4.78 is 10.6. The first-order valence-corrected chi connectivity index (χ1v) is 8.13. The molecule has 1 unspecified atom stereocenters. The zero-order chi connectivity index (χ0) is 16.5. The van der Waals surface area contributed by atoms with E-state index < -0.39 is 12.4 Å². The largest absolute Gasteiger partial charge is 0.448 e. The molecule has 1 aliphatic heterocycles. The van der Waals surface area contributed by atoms with Gasteiger partial charge >= 0.3 is 6.09 Å². The molecule has 1 saturated heterocycles. The van der Waals surface area contributed by atoms with Crippen LogP contribution in [0.2, 0.25) is 0 Å². The van der Waals surface area contributed by atoms with Crippen molar-refractivity contribution in [1.29, 1.82) is 0 Å². The number of rotatable bonds is 2. The number of morpholine rings is 1. The Kier molecular flexibility index (Phi) is 3.96. The number of carbonyl (C=O) groups is 1. The smallest absolute Gasteiger partial charge is 0.410 e. The molecular formula is C19H19NO4. The lowest BCUT2D eigenvalue weighted by Gasteiger charge is -2.29. The van der Waals surface area contributed by atoms with Gasteiger partial charge in [0.25, 0.3) is 0 Å². The minimum Gasteiger partial charge on any atom is -0.448 e. The zero-order valence-electron chi connectivity index (χ0n) is 13.2. The molecule has 4 rings (SSSR count). The molecule has 0 aromatic heterocycles. The van der Waals surface area contributed by atoms with Crippen LogP contribution in [0.15, 0.2) is 48.5 Å². The van der Waals surface area contributed by atoms with Crippen LogP contribution in [0.5, 0.6) is 0 Å². The third-order valence-electron chi connectivity index (χ3n) is 4.64. The summed E-state index contributed by atoms with van der Waals surface area (Å²) in [6.07, 6.45) is -1.33. The Morgan fingerprint density at radius 1 is 1.12 bits per heavy atom. The van der Waals surface area contributed by atoms with Crippen LogP contribution >= 0.6 is 0 Å². The molecule has 1 N–H and O–H groups in total. The highest BCUT2D eigenvalue weighted by molar-refractivity contribution is 5.79. The predicted octanol–water partition coefficient (Wildman–Crippen LogP) is 2.59. The number of β-amino-alcohol motifs (C(OH)–C–C–N with tert-alkyl or cyclic N) is 1. The Bertz CT molecular complexity index is 715. The molecule has 1 fully saturated rings. The number of benzene rings is 2. The average molecular weight is 325 g/mol. The van der Waals surface area contributed by atoms with E-state index in [1.54, 1.807) is 0 Å². The van der Waals surface area contributed by atoms with Crippen molar-refractivity contribution in [2.45, 2.75) is 12.2 Å².